The van der Waals surface area contributed by atoms with Crippen LogP contribution >= 0.6 is 7.82 Å². The van der Waals surface area contributed by atoms with E-state index in [4.69, 9.17) is 29.0 Å². The predicted octanol–water partition coefficient (Wildman–Crippen LogP) is 7.55. The maximum Gasteiger partial charge on any atom is 0.472 e. The lowest BCUT2D eigenvalue weighted by Crippen LogP contribution is -2.49. The van der Waals surface area contributed by atoms with Gasteiger partial charge in [-0.1, -0.05) is 103 Å². The molecule has 0 bridgehead atoms. The van der Waals surface area contributed by atoms with Gasteiger partial charge in [-0.2, -0.15) is 10.4 Å². The number of nitriles is 1. The van der Waals surface area contributed by atoms with E-state index in [1.54, 1.807) is 12.1 Å². The maximum atomic E-state index is 14.5. The first-order valence-corrected chi connectivity index (χ1v) is 22.6. The lowest BCUT2D eigenvalue weighted by molar-refractivity contribution is -0.107. The highest BCUT2D eigenvalue weighted by Gasteiger charge is 2.56. The van der Waals surface area contributed by atoms with E-state index in [0.717, 1.165) is 19.3 Å². The normalized spacial score (nSPS) is 20.8. The zero-order valence-corrected chi connectivity index (χ0v) is 35.4. The molecule has 0 saturated carbocycles. The van der Waals surface area contributed by atoms with Crippen LogP contribution < -0.4 is 5.73 Å². The smallest absolute Gasteiger partial charge is 0.387 e. The van der Waals surface area contributed by atoms with Gasteiger partial charge in [-0.05, 0) is 43.5 Å². The molecule has 15 nitrogen and oxygen atoms in total. The van der Waals surface area contributed by atoms with Crippen LogP contribution in [0.2, 0.25) is 0 Å². The van der Waals surface area contributed by atoms with E-state index in [9.17, 15) is 29.3 Å². The Kier molecular flexibility index (Phi) is 20.8. The van der Waals surface area contributed by atoms with Crippen molar-refractivity contribution in [1.29, 1.82) is 5.26 Å². The highest BCUT2D eigenvalue weighted by Crippen LogP contribution is 2.48. The average molecular weight is 847 g/mol. The van der Waals surface area contributed by atoms with E-state index in [1.165, 1.54) is 113 Å². The summed E-state index contributed by atoms with van der Waals surface area (Å²) in [5.74, 6) is -0.386. The first kappa shape index (κ1) is 48.3. The minimum absolute atomic E-state index is 0.0301. The molecule has 1 unspecified atom stereocenters. The Hall–Kier alpha value is -3.36. The lowest BCUT2D eigenvalue weighted by Gasteiger charge is -2.30. The minimum atomic E-state index is -4.86. The van der Waals surface area contributed by atoms with Crippen molar-refractivity contribution in [2.24, 2.45) is 4.99 Å². The van der Waals surface area contributed by atoms with Gasteiger partial charge in [0.1, 0.15) is 47.7 Å². The number of rotatable bonds is 31. The average Bonchev–Trinajstić information content (AvgIpc) is 3.77. The van der Waals surface area contributed by atoms with Gasteiger partial charge in [0.15, 0.2) is 5.82 Å². The third-order valence-corrected chi connectivity index (χ3v) is 11.6. The van der Waals surface area contributed by atoms with Crippen LogP contribution in [-0.4, -0.2) is 93.3 Å². The van der Waals surface area contributed by atoms with Gasteiger partial charge in [-0.25, -0.2) is 18.5 Å². The number of ether oxygens (including phenoxy) is 3. The highest BCUT2D eigenvalue weighted by molar-refractivity contribution is 7.47. The van der Waals surface area contributed by atoms with Gasteiger partial charge in [0.25, 0.3) is 0 Å². The number of nitrogen functional groups attached to an aromatic ring is 1. The summed E-state index contributed by atoms with van der Waals surface area (Å²) in [5, 5.41) is 35.7. The minimum Gasteiger partial charge on any atom is -0.387 e. The van der Waals surface area contributed by atoms with Crippen LogP contribution in [0.15, 0.2) is 41.7 Å². The number of halogens is 1. The number of phosphoric acid groups is 1. The molecule has 6 atom stereocenters. The molecule has 0 aliphatic carbocycles. The number of aliphatic hydroxyl groups excluding tert-OH is 2. The fraction of sp³-hybridized carbons (Fsp3) is 0.667. The molecule has 1 saturated heterocycles. The van der Waals surface area contributed by atoms with Crippen molar-refractivity contribution in [3.05, 3.63) is 59.3 Å². The molecule has 5 N–H and O–H groups in total. The van der Waals surface area contributed by atoms with Crippen LogP contribution in [0.25, 0.3) is 5.52 Å². The number of phosphoric ester groups is 1. The van der Waals surface area contributed by atoms with Crippen molar-refractivity contribution in [3.63, 3.8) is 0 Å². The van der Waals surface area contributed by atoms with E-state index in [1.807, 2.05) is 6.07 Å². The van der Waals surface area contributed by atoms with Crippen molar-refractivity contribution in [1.82, 2.24) is 14.6 Å². The molecule has 2 aromatic heterocycles. The molecule has 1 aliphatic heterocycles. The van der Waals surface area contributed by atoms with Gasteiger partial charge in [-0.3, -0.25) is 14.0 Å². The van der Waals surface area contributed by atoms with Gasteiger partial charge >= 0.3 is 7.82 Å². The summed E-state index contributed by atoms with van der Waals surface area (Å²) in [6, 6.07) is 9.09. The van der Waals surface area contributed by atoms with Crippen LogP contribution in [0, 0.1) is 17.1 Å². The van der Waals surface area contributed by atoms with E-state index < -0.39 is 56.9 Å². The number of unbranched alkanes of at least 4 members (excludes halogenated alkanes) is 15. The van der Waals surface area contributed by atoms with Crippen molar-refractivity contribution < 1.29 is 47.3 Å². The van der Waals surface area contributed by atoms with Gasteiger partial charge in [0.2, 0.25) is 0 Å². The van der Waals surface area contributed by atoms with Crippen LogP contribution in [0.5, 0.6) is 0 Å². The number of anilines is 1. The van der Waals surface area contributed by atoms with E-state index >= 15 is 0 Å². The number of nitrogens with zero attached hydrogens (tertiary/aromatic N) is 5. The Bertz CT molecular complexity index is 1800. The fourth-order valence-corrected chi connectivity index (χ4v) is 8.07. The van der Waals surface area contributed by atoms with E-state index in [-0.39, 0.29) is 36.7 Å². The Labute approximate surface area is 347 Å². The van der Waals surface area contributed by atoms with Crippen molar-refractivity contribution >= 4 is 25.9 Å². The topological polar surface area (TPSA) is 216 Å². The largest absolute Gasteiger partial charge is 0.472 e. The van der Waals surface area contributed by atoms with Crippen LogP contribution in [0.1, 0.15) is 133 Å². The number of aromatic nitrogens is 3. The molecule has 3 aromatic rings. The molecular formula is C42H64FN6O9P. The Morgan fingerprint density at radius 3 is 2.27 bits per heavy atom. The van der Waals surface area contributed by atoms with Crippen LogP contribution in [0.4, 0.5) is 10.2 Å². The van der Waals surface area contributed by atoms with Crippen molar-refractivity contribution in [2.45, 2.75) is 146 Å². The van der Waals surface area contributed by atoms with Crippen LogP contribution in [0.3, 0.4) is 0 Å². The van der Waals surface area contributed by atoms with Gasteiger partial charge in [0.05, 0.1) is 50.3 Å². The molecule has 0 spiro atoms. The standard InChI is InChI=1S/C42H64FN6O9P/c1-3-4-5-6-7-8-9-10-11-12-13-14-15-16-17-18-23-54-27-34(55-26-33-24-32(25-44)19-20-35(33)43)28-56-59(52,53)57-30-42(29-46-2)40(51)38(50)39(58-42)36-21-22-37-41(45)47-31-48-49(36)37/h19-22,24,31,34,38-40,50-51H,2-18,23,26-30H2,1H3,(H,52,53)(H2,45,47,48)/t34-,38+,39+,40+,42-/m1/s1. The Balaban J connectivity index is 1.23. The first-order valence-electron chi connectivity index (χ1n) is 21.1. The predicted molar refractivity (Wildman–Crippen MR) is 222 cm³/mol. The van der Waals surface area contributed by atoms with Gasteiger partial charge in [-0.15, -0.1) is 0 Å². The molecule has 1 fully saturated rings. The highest BCUT2D eigenvalue weighted by atomic mass is 31.2. The van der Waals surface area contributed by atoms with E-state index in [0.29, 0.717) is 17.8 Å². The molecule has 0 amide bonds. The van der Waals surface area contributed by atoms with Gasteiger partial charge < -0.3 is 35.1 Å². The SMILES string of the molecule is C=NC[C@]1(COP(=O)(O)OC[C@@H](COCCCCCCCCCCCCCCCCCC)OCc2cc(C#N)ccc2F)O[C@@H](c2ccc3c(N)ncnn23)[C@H](O)[C@@H]1O. The molecule has 3 heterocycles. The van der Waals surface area contributed by atoms with E-state index in [2.05, 4.69) is 28.7 Å². The van der Waals surface area contributed by atoms with Crippen molar-refractivity contribution in [3.8, 4) is 6.07 Å². The summed E-state index contributed by atoms with van der Waals surface area (Å²) in [4.78, 5) is 18.5. The number of aliphatic imine (C=N–C) groups is 1. The zero-order chi connectivity index (χ0) is 42.5. The first-order chi connectivity index (χ1) is 28.5. The molecule has 4 rings (SSSR count). The third-order valence-electron chi connectivity index (χ3n) is 10.7. The Morgan fingerprint density at radius 1 is 1.00 bits per heavy atom. The molecule has 328 valence electrons. The number of aliphatic hydroxyl groups is 2. The van der Waals surface area contributed by atoms with Gasteiger partial charge in [0, 0.05) is 12.2 Å². The monoisotopic (exact) mass is 846 g/mol. The second-order valence-electron chi connectivity index (χ2n) is 15.4. The zero-order valence-electron chi connectivity index (χ0n) is 34.5. The molecule has 0 radical (unpaired) electrons. The summed E-state index contributed by atoms with van der Waals surface area (Å²) in [7, 11) is -4.86. The number of hydrogen-bond acceptors (Lipinski definition) is 13. The molecule has 1 aliphatic rings. The molecule has 1 aromatic carbocycles. The fourth-order valence-electron chi connectivity index (χ4n) is 7.26. The molecule has 59 heavy (non-hydrogen) atoms. The number of nitrogens with two attached hydrogens (primary N) is 1. The molecule has 17 heteroatoms. The number of fused-ring (bicyclic) bond motifs is 1. The summed E-state index contributed by atoms with van der Waals surface area (Å²) in [5.41, 5.74) is 5.31. The Morgan fingerprint density at radius 2 is 1.64 bits per heavy atom. The maximum absolute atomic E-state index is 14.5. The third kappa shape index (κ3) is 15.3. The lowest BCUT2D eigenvalue weighted by atomic mass is 9.95. The number of hydrogen-bond donors (Lipinski definition) is 4. The molecular weight excluding hydrogens is 782 g/mol. The summed E-state index contributed by atoms with van der Waals surface area (Å²) >= 11 is 0. The van der Waals surface area contributed by atoms with Crippen molar-refractivity contribution in [2.75, 3.05) is 38.7 Å². The summed E-state index contributed by atoms with van der Waals surface area (Å²) in [6.45, 7) is 4.35. The second kappa shape index (κ2) is 25.4. The summed E-state index contributed by atoms with van der Waals surface area (Å²) < 4.78 is 57.7. The second-order valence-corrected chi connectivity index (χ2v) is 16.8. The van der Waals surface area contributed by atoms with Crippen LogP contribution in [-0.2, 0) is 34.4 Å². The summed E-state index contributed by atoms with van der Waals surface area (Å²) in [6.07, 6.45) is 16.0. The quantitative estimate of drug-likeness (QED) is 0.0280. The number of benzene rings is 1.